The first-order valence-corrected chi connectivity index (χ1v) is 7.57. The SMILES string of the molecule is CNC(Cc1ccc(C(F)(F)F)cc1)C1CCCC1(C)C. The molecule has 1 fully saturated rings. The minimum atomic E-state index is -4.26. The summed E-state index contributed by atoms with van der Waals surface area (Å²) in [5.41, 5.74) is 0.693. The van der Waals surface area contributed by atoms with Crippen LogP contribution in [0.3, 0.4) is 0 Å². The molecule has 0 radical (unpaired) electrons. The summed E-state index contributed by atoms with van der Waals surface area (Å²) in [5.74, 6) is 0.574. The zero-order chi connectivity index (χ0) is 15.7. The quantitative estimate of drug-likeness (QED) is 0.852. The summed E-state index contributed by atoms with van der Waals surface area (Å²) in [5, 5.41) is 3.37. The van der Waals surface area contributed by atoms with Crippen LogP contribution < -0.4 is 5.32 Å². The largest absolute Gasteiger partial charge is 0.416 e. The van der Waals surface area contributed by atoms with Gasteiger partial charge in [0.05, 0.1) is 5.56 Å². The molecular formula is C17H24F3N. The van der Waals surface area contributed by atoms with Crippen LogP contribution in [0.2, 0.25) is 0 Å². The van der Waals surface area contributed by atoms with Crippen molar-refractivity contribution in [3.05, 3.63) is 35.4 Å². The highest BCUT2D eigenvalue weighted by Crippen LogP contribution is 2.44. The number of halogens is 3. The number of likely N-dealkylation sites (N-methyl/N-ethyl adjacent to an activating group) is 1. The second-order valence-corrected chi connectivity index (χ2v) is 6.78. The number of nitrogens with one attached hydrogen (secondary N) is 1. The van der Waals surface area contributed by atoms with Crippen LogP contribution in [-0.4, -0.2) is 13.1 Å². The lowest BCUT2D eigenvalue weighted by Gasteiger charge is -2.34. The predicted molar refractivity (Wildman–Crippen MR) is 79.1 cm³/mol. The first-order valence-electron chi connectivity index (χ1n) is 7.57. The lowest BCUT2D eigenvalue weighted by atomic mass is 9.76. The van der Waals surface area contributed by atoms with E-state index < -0.39 is 11.7 Å². The number of alkyl halides is 3. The summed E-state index contributed by atoms with van der Waals surface area (Å²) < 4.78 is 37.7. The molecule has 0 saturated heterocycles. The Hall–Kier alpha value is -1.03. The molecule has 0 aliphatic heterocycles. The summed E-state index contributed by atoms with van der Waals surface area (Å²) in [7, 11) is 1.95. The van der Waals surface area contributed by atoms with Gasteiger partial charge in [0.25, 0.3) is 0 Å². The maximum atomic E-state index is 12.6. The lowest BCUT2D eigenvalue weighted by Crippen LogP contribution is -2.40. The zero-order valence-corrected chi connectivity index (χ0v) is 12.9. The topological polar surface area (TPSA) is 12.0 Å². The van der Waals surface area contributed by atoms with E-state index in [2.05, 4.69) is 19.2 Å². The van der Waals surface area contributed by atoms with E-state index in [-0.39, 0.29) is 0 Å². The van der Waals surface area contributed by atoms with E-state index in [1.165, 1.54) is 31.4 Å². The van der Waals surface area contributed by atoms with Crippen LogP contribution in [0.15, 0.2) is 24.3 Å². The molecular weight excluding hydrogens is 275 g/mol. The van der Waals surface area contributed by atoms with Gasteiger partial charge in [0.1, 0.15) is 0 Å². The van der Waals surface area contributed by atoms with Crippen molar-refractivity contribution in [1.82, 2.24) is 5.32 Å². The van der Waals surface area contributed by atoms with Crippen LogP contribution in [0.25, 0.3) is 0 Å². The third-order valence-corrected chi connectivity index (χ3v) is 4.93. The van der Waals surface area contributed by atoms with Gasteiger partial charge >= 0.3 is 6.18 Å². The van der Waals surface area contributed by atoms with E-state index in [0.717, 1.165) is 12.0 Å². The number of hydrogen-bond donors (Lipinski definition) is 1. The lowest BCUT2D eigenvalue weighted by molar-refractivity contribution is -0.137. The van der Waals surface area contributed by atoms with Crippen LogP contribution in [0, 0.1) is 11.3 Å². The molecule has 4 heteroatoms. The molecule has 2 unspecified atom stereocenters. The van der Waals surface area contributed by atoms with Gasteiger partial charge in [0, 0.05) is 6.04 Å². The van der Waals surface area contributed by atoms with Crippen molar-refractivity contribution in [3.8, 4) is 0 Å². The highest BCUT2D eigenvalue weighted by molar-refractivity contribution is 5.25. The van der Waals surface area contributed by atoms with Gasteiger partial charge in [-0.2, -0.15) is 13.2 Å². The third kappa shape index (κ3) is 3.79. The Kier molecular flexibility index (Phi) is 4.66. The van der Waals surface area contributed by atoms with E-state index >= 15 is 0 Å². The number of hydrogen-bond acceptors (Lipinski definition) is 1. The number of benzene rings is 1. The highest BCUT2D eigenvalue weighted by atomic mass is 19.4. The Bertz CT molecular complexity index is 462. The highest BCUT2D eigenvalue weighted by Gasteiger charge is 2.39. The molecule has 0 heterocycles. The molecule has 2 rings (SSSR count). The molecule has 0 spiro atoms. The van der Waals surface area contributed by atoms with Gasteiger partial charge in [-0.05, 0) is 55.3 Å². The van der Waals surface area contributed by atoms with E-state index in [4.69, 9.17) is 0 Å². The minimum absolute atomic E-state index is 0.305. The van der Waals surface area contributed by atoms with Gasteiger partial charge in [0.15, 0.2) is 0 Å². The maximum absolute atomic E-state index is 12.6. The second kappa shape index (κ2) is 5.99. The summed E-state index contributed by atoms with van der Waals surface area (Å²) in [6, 6.07) is 5.90. The smallest absolute Gasteiger partial charge is 0.316 e. The summed E-state index contributed by atoms with van der Waals surface area (Å²) >= 11 is 0. The molecule has 1 nitrogen and oxygen atoms in total. The normalized spacial score (nSPS) is 23.2. The third-order valence-electron chi connectivity index (χ3n) is 4.93. The standard InChI is InChI=1S/C17H24F3N/c1-16(2)10-4-5-14(16)15(21-3)11-12-6-8-13(9-7-12)17(18,19)20/h6-9,14-15,21H,4-5,10-11H2,1-3H3. The number of rotatable bonds is 4. The molecule has 1 aliphatic carbocycles. The molecule has 1 N–H and O–H groups in total. The van der Waals surface area contributed by atoms with Gasteiger partial charge in [-0.3, -0.25) is 0 Å². The second-order valence-electron chi connectivity index (χ2n) is 6.78. The van der Waals surface area contributed by atoms with Crippen molar-refractivity contribution >= 4 is 0 Å². The van der Waals surface area contributed by atoms with Crippen LogP contribution in [0.5, 0.6) is 0 Å². The maximum Gasteiger partial charge on any atom is 0.416 e. The fourth-order valence-electron chi connectivity index (χ4n) is 3.63. The Morgan fingerprint density at radius 1 is 1.24 bits per heavy atom. The molecule has 1 aromatic carbocycles. The Balaban J connectivity index is 2.09. The predicted octanol–water partition coefficient (Wildman–Crippen LogP) is 4.66. The minimum Gasteiger partial charge on any atom is -0.316 e. The van der Waals surface area contributed by atoms with Crippen LogP contribution >= 0.6 is 0 Å². The zero-order valence-electron chi connectivity index (χ0n) is 12.9. The average Bonchev–Trinajstić information content (AvgIpc) is 2.75. The van der Waals surface area contributed by atoms with E-state index in [1.807, 2.05) is 7.05 Å². The molecule has 2 atom stereocenters. The van der Waals surface area contributed by atoms with Gasteiger partial charge in [-0.25, -0.2) is 0 Å². The van der Waals surface area contributed by atoms with Crippen molar-refractivity contribution in [3.63, 3.8) is 0 Å². The first kappa shape index (κ1) is 16.3. The van der Waals surface area contributed by atoms with Crippen molar-refractivity contribution < 1.29 is 13.2 Å². The van der Waals surface area contributed by atoms with Crippen molar-refractivity contribution in [1.29, 1.82) is 0 Å². The average molecular weight is 299 g/mol. The van der Waals surface area contributed by atoms with Crippen molar-refractivity contribution in [2.75, 3.05) is 7.05 Å². The van der Waals surface area contributed by atoms with Crippen LogP contribution in [-0.2, 0) is 12.6 Å². The van der Waals surface area contributed by atoms with E-state index in [0.29, 0.717) is 17.4 Å². The molecule has 118 valence electrons. The Morgan fingerprint density at radius 2 is 1.86 bits per heavy atom. The molecule has 1 aliphatic rings. The first-order chi connectivity index (χ1) is 9.74. The van der Waals surface area contributed by atoms with Crippen molar-refractivity contribution in [2.45, 2.75) is 51.7 Å². The Labute approximate surface area is 124 Å². The molecule has 0 aromatic heterocycles. The molecule has 21 heavy (non-hydrogen) atoms. The summed E-state index contributed by atoms with van der Waals surface area (Å²) in [4.78, 5) is 0. The van der Waals surface area contributed by atoms with Crippen molar-refractivity contribution in [2.24, 2.45) is 11.3 Å². The molecule has 0 amide bonds. The Morgan fingerprint density at radius 3 is 2.29 bits per heavy atom. The van der Waals surface area contributed by atoms with Gasteiger partial charge in [-0.15, -0.1) is 0 Å². The van der Waals surface area contributed by atoms with Gasteiger partial charge in [-0.1, -0.05) is 32.4 Å². The molecule has 0 bridgehead atoms. The van der Waals surface area contributed by atoms with E-state index in [1.54, 1.807) is 12.1 Å². The summed E-state index contributed by atoms with van der Waals surface area (Å²) in [6.45, 7) is 4.59. The monoisotopic (exact) mass is 299 g/mol. The molecule has 1 saturated carbocycles. The van der Waals surface area contributed by atoms with Crippen LogP contribution in [0.4, 0.5) is 13.2 Å². The fraction of sp³-hybridized carbons (Fsp3) is 0.647. The van der Waals surface area contributed by atoms with Gasteiger partial charge in [0.2, 0.25) is 0 Å². The molecule has 1 aromatic rings. The van der Waals surface area contributed by atoms with Gasteiger partial charge < -0.3 is 5.32 Å². The van der Waals surface area contributed by atoms with Crippen LogP contribution in [0.1, 0.15) is 44.2 Å². The summed E-state index contributed by atoms with van der Waals surface area (Å²) in [6.07, 6.45) is 0.183. The van der Waals surface area contributed by atoms with E-state index in [9.17, 15) is 13.2 Å². The fourth-order valence-corrected chi connectivity index (χ4v) is 3.63.